The van der Waals surface area contributed by atoms with Gasteiger partial charge in [-0.3, -0.25) is 4.79 Å². The van der Waals surface area contributed by atoms with Crippen LogP contribution in [0.5, 0.6) is 0 Å². The topological polar surface area (TPSA) is 96.5 Å². The Balaban J connectivity index is 1.59. The third kappa shape index (κ3) is 4.09. The van der Waals surface area contributed by atoms with Gasteiger partial charge >= 0.3 is 0 Å². The number of rotatable bonds is 6. The number of nitrogens with one attached hydrogen (secondary N) is 1. The van der Waals surface area contributed by atoms with Gasteiger partial charge in [-0.1, -0.05) is 17.8 Å². The summed E-state index contributed by atoms with van der Waals surface area (Å²) in [5.74, 6) is 0.395. The molecule has 26 heavy (non-hydrogen) atoms. The molecule has 1 aromatic carbocycles. The average molecular weight is 384 g/mol. The summed E-state index contributed by atoms with van der Waals surface area (Å²) in [6, 6.07) is 9.77. The van der Waals surface area contributed by atoms with Gasteiger partial charge in [0, 0.05) is 12.2 Å². The zero-order valence-electron chi connectivity index (χ0n) is 14.3. The molecule has 0 spiro atoms. The number of carbonyl (C=O) groups excluding carboxylic acids is 1. The molecule has 0 saturated carbocycles. The van der Waals surface area contributed by atoms with Crippen molar-refractivity contribution in [3.8, 4) is 11.8 Å². The quantitative estimate of drug-likeness (QED) is 0.655. The lowest BCUT2D eigenvalue weighted by Gasteiger charge is -2.07. The number of aromatic nitrogens is 4. The highest BCUT2D eigenvalue weighted by Crippen LogP contribution is 2.23. The third-order valence-electron chi connectivity index (χ3n) is 3.77. The van der Waals surface area contributed by atoms with E-state index in [0.29, 0.717) is 27.9 Å². The van der Waals surface area contributed by atoms with Crippen LogP contribution in [0.1, 0.15) is 23.1 Å². The summed E-state index contributed by atoms with van der Waals surface area (Å²) in [4.78, 5) is 12.1. The second-order valence-electron chi connectivity index (χ2n) is 5.56. The predicted molar refractivity (Wildman–Crippen MR) is 102 cm³/mol. The first-order chi connectivity index (χ1) is 12.6. The van der Waals surface area contributed by atoms with E-state index in [9.17, 15) is 4.79 Å². The van der Waals surface area contributed by atoms with Gasteiger partial charge in [0.1, 0.15) is 11.1 Å². The summed E-state index contributed by atoms with van der Waals surface area (Å²) >= 11 is 2.75. The van der Waals surface area contributed by atoms with Gasteiger partial charge < -0.3 is 5.32 Å². The minimum Gasteiger partial charge on any atom is -0.317 e. The monoisotopic (exact) mass is 384 g/mol. The molecule has 2 heterocycles. The number of aryl methyl sites for hydroxylation is 2. The van der Waals surface area contributed by atoms with Gasteiger partial charge in [-0.15, -0.1) is 16.4 Å². The van der Waals surface area contributed by atoms with Crippen molar-refractivity contribution in [2.45, 2.75) is 25.4 Å². The first-order valence-electron chi connectivity index (χ1n) is 7.84. The summed E-state index contributed by atoms with van der Waals surface area (Å²) in [5, 5.41) is 26.6. The lowest BCUT2D eigenvalue weighted by Crippen LogP contribution is -2.12. The van der Waals surface area contributed by atoms with E-state index in [4.69, 9.17) is 5.26 Å². The molecule has 9 heteroatoms. The smallest absolute Gasteiger partial charge is 0.225 e. The molecule has 7 nitrogen and oxygen atoms in total. The molecule has 0 aliphatic carbocycles. The summed E-state index contributed by atoms with van der Waals surface area (Å²) in [7, 11) is 0. The highest BCUT2D eigenvalue weighted by Gasteiger charge is 2.12. The lowest BCUT2D eigenvalue weighted by atomic mass is 10.1. The van der Waals surface area contributed by atoms with E-state index in [1.807, 2.05) is 25.1 Å². The molecule has 1 N–H and O–H groups in total. The maximum Gasteiger partial charge on any atom is 0.225 e. The van der Waals surface area contributed by atoms with Crippen LogP contribution in [-0.2, 0) is 4.79 Å². The van der Waals surface area contributed by atoms with Gasteiger partial charge in [0.05, 0.1) is 11.3 Å². The molecule has 0 unspecified atom stereocenters. The maximum atomic E-state index is 12.1. The number of carbonyl (C=O) groups is 1. The Hall–Kier alpha value is -2.70. The first kappa shape index (κ1) is 18.1. The van der Waals surface area contributed by atoms with Crippen molar-refractivity contribution < 1.29 is 4.79 Å². The van der Waals surface area contributed by atoms with Crippen LogP contribution in [0.3, 0.4) is 0 Å². The Labute approximate surface area is 159 Å². The molecule has 0 radical (unpaired) electrons. The largest absolute Gasteiger partial charge is 0.317 e. The Morgan fingerprint density at radius 1 is 1.35 bits per heavy atom. The Bertz CT molecular complexity index is 972. The number of thiophene rings is 1. The number of anilines is 1. The molecular weight excluding hydrogens is 368 g/mol. The van der Waals surface area contributed by atoms with Crippen LogP contribution in [0.25, 0.3) is 5.69 Å². The van der Waals surface area contributed by atoms with Gasteiger partial charge in [0.15, 0.2) is 0 Å². The Morgan fingerprint density at radius 2 is 2.19 bits per heavy atom. The first-order valence-corrected chi connectivity index (χ1v) is 9.71. The van der Waals surface area contributed by atoms with Crippen LogP contribution in [0.4, 0.5) is 5.00 Å². The van der Waals surface area contributed by atoms with Crippen molar-refractivity contribution in [2.75, 3.05) is 11.1 Å². The lowest BCUT2D eigenvalue weighted by molar-refractivity contribution is -0.115. The second-order valence-corrected chi connectivity index (χ2v) is 7.54. The molecule has 132 valence electrons. The van der Waals surface area contributed by atoms with E-state index in [1.54, 1.807) is 16.1 Å². The molecule has 2 aromatic heterocycles. The fraction of sp³-hybridized carbons (Fsp3) is 0.235. The van der Waals surface area contributed by atoms with Crippen molar-refractivity contribution >= 4 is 34.0 Å². The zero-order chi connectivity index (χ0) is 18.5. The van der Waals surface area contributed by atoms with Gasteiger partial charge in [0.25, 0.3) is 0 Å². The Morgan fingerprint density at radius 3 is 2.96 bits per heavy atom. The summed E-state index contributed by atoms with van der Waals surface area (Å²) in [6.45, 7) is 4.10. The van der Waals surface area contributed by atoms with Crippen LogP contribution in [0, 0.1) is 25.2 Å². The molecule has 0 fully saturated rings. The number of hydrogen-bond acceptors (Lipinski definition) is 7. The van der Waals surface area contributed by atoms with Gasteiger partial charge in [-0.05, 0) is 59.0 Å². The molecule has 0 aliphatic rings. The number of nitriles is 1. The van der Waals surface area contributed by atoms with Crippen molar-refractivity contribution in [1.82, 2.24) is 20.2 Å². The number of amides is 1. The minimum absolute atomic E-state index is 0.137. The Kier molecular flexibility index (Phi) is 5.65. The highest BCUT2D eigenvalue weighted by molar-refractivity contribution is 7.99. The van der Waals surface area contributed by atoms with E-state index in [1.165, 1.54) is 28.7 Å². The van der Waals surface area contributed by atoms with Gasteiger partial charge in [-0.2, -0.15) is 9.94 Å². The fourth-order valence-electron chi connectivity index (χ4n) is 2.21. The SMILES string of the molecule is Cc1ccc(-n2nnnc2SCCC(=O)Nc2sccc2C#N)cc1C. The summed E-state index contributed by atoms with van der Waals surface area (Å²) < 4.78 is 1.67. The van der Waals surface area contributed by atoms with Crippen LogP contribution in [0.15, 0.2) is 34.8 Å². The molecule has 0 aliphatic heterocycles. The van der Waals surface area contributed by atoms with E-state index in [-0.39, 0.29) is 5.91 Å². The number of benzene rings is 1. The van der Waals surface area contributed by atoms with E-state index in [2.05, 4.69) is 33.8 Å². The third-order valence-corrected chi connectivity index (χ3v) is 5.53. The predicted octanol–water partition coefficient (Wildman–Crippen LogP) is 3.33. The van der Waals surface area contributed by atoms with Gasteiger partial charge in [-0.25, -0.2) is 0 Å². The van der Waals surface area contributed by atoms with Crippen molar-refractivity contribution in [1.29, 1.82) is 5.26 Å². The standard InChI is InChI=1S/C17H16N6OS2/c1-11-3-4-14(9-12(11)2)23-17(20-21-22-23)26-8-6-15(24)19-16-13(10-18)5-7-25-16/h3-5,7,9H,6,8H2,1-2H3,(H,19,24). The van der Waals surface area contributed by atoms with Crippen LogP contribution in [0.2, 0.25) is 0 Å². The van der Waals surface area contributed by atoms with E-state index >= 15 is 0 Å². The van der Waals surface area contributed by atoms with E-state index < -0.39 is 0 Å². The molecule has 0 saturated heterocycles. The molecule has 0 bridgehead atoms. The van der Waals surface area contributed by atoms with Crippen LogP contribution >= 0.6 is 23.1 Å². The number of tetrazole rings is 1. The van der Waals surface area contributed by atoms with Gasteiger partial charge in [0.2, 0.25) is 11.1 Å². The fourth-order valence-corrected chi connectivity index (χ4v) is 3.79. The highest BCUT2D eigenvalue weighted by atomic mass is 32.2. The van der Waals surface area contributed by atoms with Crippen molar-refractivity contribution in [3.63, 3.8) is 0 Å². The van der Waals surface area contributed by atoms with Crippen molar-refractivity contribution in [2.24, 2.45) is 0 Å². The molecule has 3 rings (SSSR count). The van der Waals surface area contributed by atoms with E-state index in [0.717, 1.165) is 11.3 Å². The average Bonchev–Trinajstić information content (AvgIpc) is 3.26. The minimum atomic E-state index is -0.137. The number of hydrogen-bond donors (Lipinski definition) is 1. The zero-order valence-corrected chi connectivity index (χ0v) is 15.9. The molecular formula is C17H16N6OS2. The van der Waals surface area contributed by atoms with Crippen molar-refractivity contribution in [3.05, 3.63) is 46.3 Å². The van der Waals surface area contributed by atoms with Crippen LogP contribution in [-0.4, -0.2) is 31.9 Å². The molecule has 1 amide bonds. The molecule has 0 atom stereocenters. The maximum absolute atomic E-state index is 12.1. The normalized spacial score (nSPS) is 10.5. The van der Waals surface area contributed by atoms with Crippen LogP contribution < -0.4 is 5.32 Å². The number of thioether (sulfide) groups is 1. The summed E-state index contributed by atoms with van der Waals surface area (Å²) in [6.07, 6.45) is 0.299. The number of nitrogens with zero attached hydrogens (tertiary/aromatic N) is 5. The molecule has 3 aromatic rings. The second kappa shape index (κ2) is 8.12. The summed E-state index contributed by atoms with van der Waals surface area (Å²) in [5.41, 5.74) is 3.74.